The highest BCUT2D eigenvalue weighted by Gasteiger charge is 2.79. The molecule has 0 radical (unpaired) electrons. The molecule has 9 unspecified atom stereocenters. The van der Waals surface area contributed by atoms with Gasteiger partial charge in [-0.15, -0.1) is 0 Å². The van der Waals surface area contributed by atoms with Crippen LogP contribution in [0.5, 0.6) is 0 Å². The fourth-order valence-electron chi connectivity index (χ4n) is 11.6. The van der Waals surface area contributed by atoms with Crippen molar-refractivity contribution >= 4 is 5.78 Å². The van der Waals surface area contributed by atoms with Crippen molar-refractivity contribution in [3.8, 4) is 0 Å². The van der Waals surface area contributed by atoms with Gasteiger partial charge in [0, 0.05) is 31.0 Å². The normalized spacial score (nSPS) is 59.0. The molecule has 5 saturated heterocycles. The summed E-state index contributed by atoms with van der Waals surface area (Å²) in [6.45, 7) is 13.7. The molecule has 5 aliphatic heterocycles. The van der Waals surface area contributed by atoms with E-state index in [2.05, 4.69) is 39.5 Å². The lowest BCUT2D eigenvalue weighted by atomic mass is 9.42. The predicted octanol–water partition coefficient (Wildman–Crippen LogP) is 5.97. The number of Topliss-reactive ketones (excluding diaryl/α,β-unsaturated/α-hetero) is 1. The van der Waals surface area contributed by atoms with Crippen LogP contribution in [-0.2, 0) is 14.3 Å². The number of hydrogen-bond donors (Lipinski definition) is 0. The Morgan fingerprint density at radius 2 is 1.85 bits per heavy atom. The van der Waals surface area contributed by atoms with Crippen molar-refractivity contribution in [3.05, 3.63) is 0 Å². The van der Waals surface area contributed by atoms with Crippen molar-refractivity contribution < 1.29 is 14.3 Å². The summed E-state index contributed by atoms with van der Waals surface area (Å²) in [4.78, 5) is 17.2. The molecule has 0 aromatic rings. The second-order valence-corrected chi connectivity index (χ2v) is 14.7. The molecular formula is C30H47NO3. The van der Waals surface area contributed by atoms with Gasteiger partial charge in [0.15, 0.2) is 5.79 Å². The number of piperidine rings is 2. The van der Waals surface area contributed by atoms with Gasteiger partial charge in [-0.2, -0.15) is 0 Å². The van der Waals surface area contributed by atoms with Gasteiger partial charge in [-0.05, 0) is 99.7 Å². The lowest BCUT2D eigenvalue weighted by Gasteiger charge is -2.67. The van der Waals surface area contributed by atoms with Gasteiger partial charge in [0.1, 0.15) is 5.78 Å². The molecule has 7 rings (SSSR count). The molecule has 2 saturated carbocycles. The minimum absolute atomic E-state index is 0.0372. The van der Waals surface area contributed by atoms with Crippen LogP contribution in [0.1, 0.15) is 105 Å². The highest BCUT2D eigenvalue weighted by molar-refractivity contribution is 5.85. The molecule has 11 atom stereocenters. The SMILES string of the molecule is CC(C)C1CCC2(C)C3CC[C@]45CCC[C@H]4C2(CCC(=O)C2(C)COC4(C)CCC2O4)C1N5C3. The van der Waals surface area contributed by atoms with E-state index in [4.69, 9.17) is 9.47 Å². The molecule has 2 aliphatic carbocycles. The number of carbonyl (C=O) groups is 1. The van der Waals surface area contributed by atoms with Crippen LogP contribution < -0.4 is 0 Å². The Kier molecular flexibility index (Phi) is 4.61. The summed E-state index contributed by atoms with van der Waals surface area (Å²) in [6, 6.07) is 0.697. The lowest BCUT2D eigenvalue weighted by Crippen LogP contribution is -2.68. The Hall–Kier alpha value is -0.450. The zero-order valence-electron chi connectivity index (χ0n) is 22.3. The Morgan fingerprint density at radius 1 is 1.03 bits per heavy atom. The van der Waals surface area contributed by atoms with Gasteiger partial charge in [0.25, 0.3) is 0 Å². The third-order valence-electron chi connectivity index (χ3n) is 13.4. The number of ether oxygens (including phenoxy) is 2. The summed E-state index contributed by atoms with van der Waals surface area (Å²) in [6.07, 6.45) is 13.6. The van der Waals surface area contributed by atoms with E-state index in [1.807, 2.05) is 0 Å². The van der Waals surface area contributed by atoms with Crippen LogP contribution in [0.4, 0.5) is 0 Å². The topological polar surface area (TPSA) is 38.8 Å². The fraction of sp³-hybridized carbons (Fsp3) is 0.967. The third kappa shape index (κ3) is 2.45. The molecule has 7 fully saturated rings. The molecule has 4 nitrogen and oxygen atoms in total. The number of nitrogens with zero attached hydrogens (tertiary/aromatic N) is 1. The molecule has 4 heteroatoms. The minimum Gasteiger partial charge on any atom is -0.349 e. The highest BCUT2D eigenvalue weighted by atomic mass is 16.7. The second kappa shape index (κ2) is 6.90. The maximum Gasteiger partial charge on any atom is 0.166 e. The molecule has 190 valence electrons. The van der Waals surface area contributed by atoms with Crippen LogP contribution >= 0.6 is 0 Å². The van der Waals surface area contributed by atoms with Crippen molar-refractivity contribution in [2.24, 2.45) is 39.9 Å². The smallest absolute Gasteiger partial charge is 0.166 e. The zero-order chi connectivity index (χ0) is 23.7. The van der Waals surface area contributed by atoms with E-state index in [-0.39, 0.29) is 6.10 Å². The van der Waals surface area contributed by atoms with Crippen LogP contribution in [0.3, 0.4) is 0 Å². The van der Waals surface area contributed by atoms with Gasteiger partial charge in [-0.25, -0.2) is 0 Å². The van der Waals surface area contributed by atoms with Gasteiger partial charge >= 0.3 is 0 Å². The molecule has 34 heavy (non-hydrogen) atoms. The quantitative estimate of drug-likeness (QED) is 0.497. The minimum atomic E-state index is -0.473. The maximum absolute atomic E-state index is 14.1. The third-order valence-corrected chi connectivity index (χ3v) is 13.4. The first-order valence-corrected chi connectivity index (χ1v) is 14.7. The molecule has 0 N–H and O–H groups in total. The first kappa shape index (κ1) is 22.7. The van der Waals surface area contributed by atoms with E-state index in [1.54, 1.807) is 0 Å². The number of ketones is 1. The van der Waals surface area contributed by atoms with E-state index in [1.165, 1.54) is 51.5 Å². The van der Waals surface area contributed by atoms with Crippen molar-refractivity contribution in [1.29, 1.82) is 0 Å². The van der Waals surface area contributed by atoms with Crippen molar-refractivity contribution in [2.75, 3.05) is 13.2 Å². The molecule has 0 aromatic heterocycles. The van der Waals surface area contributed by atoms with Crippen LogP contribution in [0, 0.1) is 39.9 Å². The number of hydrogen-bond acceptors (Lipinski definition) is 4. The molecule has 7 bridgehead atoms. The lowest BCUT2D eigenvalue weighted by molar-refractivity contribution is -0.282. The number of rotatable bonds is 5. The van der Waals surface area contributed by atoms with Crippen molar-refractivity contribution in [2.45, 2.75) is 129 Å². The monoisotopic (exact) mass is 469 g/mol. The van der Waals surface area contributed by atoms with E-state index in [9.17, 15) is 4.79 Å². The van der Waals surface area contributed by atoms with E-state index in [0.29, 0.717) is 34.8 Å². The van der Waals surface area contributed by atoms with Crippen LogP contribution in [-0.4, -0.2) is 47.3 Å². The standard InChI is InChI=1S/C30H47NO3/c1-19(2)21-9-13-27(4)20-8-15-29-12-6-7-22(29)30(27,25(21)31(29)17-20)16-10-23(32)26(3)18-33-28(5)14-11-24(26)34-28/h19-22,24-25H,6-18H2,1-5H3/t20?,21?,22-,24?,25?,26?,27?,28?,29-,30?/m1/s1. The maximum atomic E-state index is 14.1. The number of fused-ring (bicyclic) bond motifs is 4. The van der Waals surface area contributed by atoms with Gasteiger partial charge in [-0.1, -0.05) is 27.2 Å². The molecule has 0 amide bonds. The molecular weight excluding hydrogens is 422 g/mol. The van der Waals surface area contributed by atoms with E-state index < -0.39 is 11.2 Å². The average molecular weight is 470 g/mol. The van der Waals surface area contributed by atoms with Crippen LogP contribution in [0.2, 0.25) is 0 Å². The fourth-order valence-corrected chi connectivity index (χ4v) is 11.6. The van der Waals surface area contributed by atoms with Crippen molar-refractivity contribution in [3.63, 3.8) is 0 Å². The zero-order valence-corrected chi connectivity index (χ0v) is 22.3. The predicted molar refractivity (Wildman–Crippen MR) is 132 cm³/mol. The molecule has 1 spiro atoms. The first-order chi connectivity index (χ1) is 16.1. The van der Waals surface area contributed by atoms with Gasteiger partial charge in [0.2, 0.25) is 0 Å². The molecule has 7 aliphatic rings. The number of carbonyl (C=O) groups excluding carboxylic acids is 1. The van der Waals surface area contributed by atoms with Crippen LogP contribution in [0.15, 0.2) is 0 Å². The summed E-state index contributed by atoms with van der Waals surface area (Å²) in [7, 11) is 0. The highest BCUT2D eigenvalue weighted by Crippen LogP contribution is 2.79. The average Bonchev–Trinajstić information content (AvgIpc) is 3.41. The largest absolute Gasteiger partial charge is 0.349 e. The van der Waals surface area contributed by atoms with Gasteiger partial charge in [-0.3, -0.25) is 9.69 Å². The van der Waals surface area contributed by atoms with Gasteiger partial charge < -0.3 is 9.47 Å². The first-order valence-electron chi connectivity index (χ1n) is 14.7. The Labute approximate surface area is 206 Å². The molecule has 5 heterocycles. The van der Waals surface area contributed by atoms with E-state index >= 15 is 0 Å². The summed E-state index contributed by atoms with van der Waals surface area (Å²) in [5.41, 5.74) is 0.704. The summed E-state index contributed by atoms with van der Waals surface area (Å²) in [5, 5.41) is 0. The summed E-state index contributed by atoms with van der Waals surface area (Å²) >= 11 is 0. The Bertz CT molecular complexity index is 903. The van der Waals surface area contributed by atoms with Gasteiger partial charge in [0.05, 0.1) is 18.1 Å². The summed E-state index contributed by atoms with van der Waals surface area (Å²) < 4.78 is 12.4. The molecule has 0 aromatic carbocycles. The Morgan fingerprint density at radius 3 is 2.65 bits per heavy atom. The Balaban J connectivity index is 1.26. The van der Waals surface area contributed by atoms with Crippen LogP contribution in [0.25, 0.3) is 0 Å². The second-order valence-electron chi connectivity index (χ2n) is 14.7. The summed E-state index contributed by atoms with van der Waals surface area (Å²) in [5.74, 6) is 3.11. The van der Waals surface area contributed by atoms with Crippen molar-refractivity contribution in [1.82, 2.24) is 4.90 Å². The van der Waals surface area contributed by atoms with E-state index in [0.717, 1.165) is 49.4 Å².